The first-order chi connectivity index (χ1) is 12.7. The van der Waals surface area contributed by atoms with Crippen molar-refractivity contribution in [2.75, 3.05) is 34.4 Å². The molecule has 0 atom stereocenters. The minimum Gasteiger partial charge on any atom is -0.481 e. The highest BCUT2D eigenvalue weighted by Gasteiger charge is 2.02. The van der Waals surface area contributed by atoms with Crippen molar-refractivity contribution in [3.05, 3.63) is 53.6 Å². The fraction of sp³-hybridized carbons (Fsp3) is 0.238. The molecule has 0 radical (unpaired) electrons. The van der Waals surface area contributed by atoms with Gasteiger partial charge >= 0.3 is 0 Å². The molecule has 0 saturated carbocycles. The minimum absolute atomic E-state index is 0.157. The highest BCUT2D eigenvalue weighted by Crippen LogP contribution is 2.25. The van der Waals surface area contributed by atoms with Crippen molar-refractivity contribution in [1.82, 2.24) is 0 Å². The summed E-state index contributed by atoms with van der Waals surface area (Å²) in [7, 11) is 3.16. The van der Waals surface area contributed by atoms with E-state index in [1.54, 1.807) is 20.3 Å². The quantitative estimate of drug-likeness (QED) is 0.369. The molecule has 0 aliphatic rings. The molecule has 0 N–H and O–H groups in total. The first-order valence-electron chi connectivity index (χ1n) is 7.98. The monoisotopic (exact) mass is 354 g/mol. The van der Waals surface area contributed by atoms with Crippen LogP contribution in [0.3, 0.4) is 0 Å². The standard InChI is InChI=1S/C21H22O5/c1-4-11-24-20-12-18(13-21(14-20)26-16-23-3)6-5-17-7-9-19(10-8-17)25-15-22-2/h1,5-10,12-14H,11,15-16H2,2-3H3/b6-5+. The Morgan fingerprint density at radius 3 is 1.96 bits per heavy atom. The van der Waals surface area contributed by atoms with Crippen LogP contribution in [0.1, 0.15) is 11.1 Å². The second kappa shape index (κ2) is 10.8. The molecule has 2 rings (SSSR count). The average Bonchev–Trinajstić information content (AvgIpc) is 2.68. The predicted molar refractivity (Wildman–Crippen MR) is 101 cm³/mol. The van der Waals surface area contributed by atoms with E-state index in [-0.39, 0.29) is 20.2 Å². The molecule has 2 aromatic rings. The number of methoxy groups -OCH3 is 2. The molecular weight excluding hydrogens is 332 g/mol. The highest BCUT2D eigenvalue weighted by molar-refractivity contribution is 5.71. The van der Waals surface area contributed by atoms with Gasteiger partial charge in [-0.2, -0.15) is 0 Å². The third-order valence-corrected chi connectivity index (χ3v) is 3.26. The Labute approximate surface area is 154 Å². The van der Waals surface area contributed by atoms with Gasteiger partial charge in [-0.3, -0.25) is 0 Å². The number of terminal acetylenes is 1. The van der Waals surface area contributed by atoms with Crippen molar-refractivity contribution in [1.29, 1.82) is 0 Å². The van der Waals surface area contributed by atoms with Gasteiger partial charge < -0.3 is 23.7 Å². The minimum atomic E-state index is 0.157. The van der Waals surface area contributed by atoms with E-state index in [1.807, 2.05) is 48.6 Å². The van der Waals surface area contributed by atoms with Gasteiger partial charge in [0.05, 0.1) is 0 Å². The van der Waals surface area contributed by atoms with E-state index in [9.17, 15) is 0 Å². The second-order valence-corrected chi connectivity index (χ2v) is 5.23. The lowest BCUT2D eigenvalue weighted by molar-refractivity contribution is 0.0508. The van der Waals surface area contributed by atoms with Gasteiger partial charge in [-0.15, -0.1) is 6.42 Å². The van der Waals surface area contributed by atoms with Crippen LogP contribution in [-0.4, -0.2) is 34.4 Å². The van der Waals surface area contributed by atoms with Crippen LogP contribution in [0, 0.1) is 12.3 Å². The Balaban J connectivity index is 2.12. The summed E-state index contributed by atoms with van der Waals surface area (Å²) in [5.74, 6) is 4.48. The maximum Gasteiger partial charge on any atom is 0.188 e. The van der Waals surface area contributed by atoms with E-state index >= 15 is 0 Å². The van der Waals surface area contributed by atoms with Gasteiger partial charge in [0.15, 0.2) is 13.6 Å². The maximum absolute atomic E-state index is 5.51. The Kier molecular flexibility index (Phi) is 8.07. The summed E-state index contributed by atoms with van der Waals surface area (Å²) in [6.45, 7) is 0.578. The summed E-state index contributed by atoms with van der Waals surface area (Å²) in [6, 6.07) is 13.3. The van der Waals surface area contributed by atoms with Gasteiger partial charge in [-0.1, -0.05) is 30.2 Å². The lowest BCUT2D eigenvalue weighted by Gasteiger charge is -2.09. The van der Waals surface area contributed by atoms with E-state index in [4.69, 9.17) is 30.1 Å². The summed E-state index contributed by atoms with van der Waals surface area (Å²) in [5.41, 5.74) is 1.95. The van der Waals surface area contributed by atoms with Gasteiger partial charge in [0.2, 0.25) is 0 Å². The van der Waals surface area contributed by atoms with Crippen molar-refractivity contribution in [3.63, 3.8) is 0 Å². The van der Waals surface area contributed by atoms with E-state index in [1.165, 1.54) is 0 Å². The summed E-state index contributed by atoms with van der Waals surface area (Å²) >= 11 is 0. The molecule has 5 nitrogen and oxygen atoms in total. The van der Waals surface area contributed by atoms with Crippen LogP contribution in [0.15, 0.2) is 42.5 Å². The largest absolute Gasteiger partial charge is 0.481 e. The average molecular weight is 354 g/mol. The molecule has 0 bridgehead atoms. The van der Waals surface area contributed by atoms with Crippen LogP contribution in [-0.2, 0) is 9.47 Å². The van der Waals surface area contributed by atoms with Crippen LogP contribution in [0.2, 0.25) is 0 Å². The van der Waals surface area contributed by atoms with Crippen molar-refractivity contribution in [2.45, 2.75) is 0 Å². The Morgan fingerprint density at radius 1 is 0.769 bits per heavy atom. The smallest absolute Gasteiger partial charge is 0.188 e. The molecule has 0 unspecified atom stereocenters. The fourth-order valence-corrected chi connectivity index (χ4v) is 2.10. The Hall–Kier alpha value is -2.94. The van der Waals surface area contributed by atoms with Crippen molar-refractivity contribution >= 4 is 12.2 Å². The molecule has 0 aromatic heterocycles. The second-order valence-electron chi connectivity index (χ2n) is 5.23. The maximum atomic E-state index is 5.51. The molecule has 2 aromatic carbocycles. The van der Waals surface area contributed by atoms with Crippen molar-refractivity contribution < 1.29 is 23.7 Å². The van der Waals surface area contributed by atoms with Crippen molar-refractivity contribution in [3.8, 4) is 29.6 Å². The number of benzene rings is 2. The van der Waals surface area contributed by atoms with E-state index in [2.05, 4.69) is 5.92 Å². The summed E-state index contributed by atoms with van der Waals surface area (Å²) in [4.78, 5) is 0. The van der Waals surface area contributed by atoms with Gasteiger partial charge in [-0.05, 0) is 35.4 Å². The van der Waals surface area contributed by atoms with Gasteiger partial charge in [0.25, 0.3) is 0 Å². The first kappa shape index (κ1) is 19.4. The molecule has 0 amide bonds. The number of hydrogen-bond acceptors (Lipinski definition) is 5. The highest BCUT2D eigenvalue weighted by atomic mass is 16.7. The lowest BCUT2D eigenvalue weighted by Crippen LogP contribution is -2.00. The molecule has 26 heavy (non-hydrogen) atoms. The van der Waals surface area contributed by atoms with Crippen LogP contribution in [0.5, 0.6) is 17.2 Å². The summed E-state index contributed by atoms with van der Waals surface area (Å²) in [6.07, 6.45) is 9.20. The van der Waals surface area contributed by atoms with Crippen LogP contribution in [0.4, 0.5) is 0 Å². The number of ether oxygens (including phenoxy) is 5. The van der Waals surface area contributed by atoms with Gasteiger partial charge in [-0.25, -0.2) is 0 Å². The molecule has 5 heteroatoms. The molecule has 0 heterocycles. The third kappa shape index (κ3) is 6.52. The summed E-state index contributed by atoms with van der Waals surface area (Å²) in [5, 5.41) is 0. The molecule has 0 fully saturated rings. The zero-order valence-electron chi connectivity index (χ0n) is 14.9. The van der Waals surface area contributed by atoms with Gasteiger partial charge in [0, 0.05) is 20.3 Å². The Bertz CT molecular complexity index is 744. The predicted octanol–water partition coefficient (Wildman–Crippen LogP) is 3.83. The van der Waals surface area contributed by atoms with Crippen LogP contribution >= 0.6 is 0 Å². The molecule has 136 valence electrons. The first-order valence-corrected chi connectivity index (χ1v) is 7.98. The van der Waals surface area contributed by atoms with Crippen LogP contribution in [0.25, 0.3) is 12.2 Å². The zero-order chi connectivity index (χ0) is 18.6. The normalized spacial score (nSPS) is 10.5. The van der Waals surface area contributed by atoms with E-state index in [0.717, 1.165) is 16.9 Å². The topological polar surface area (TPSA) is 46.2 Å². The fourth-order valence-electron chi connectivity index (χ4n) is 2.10. The zero-order valence-corrected chi connectivity index (χ0v) is 14.9. The lowest BCUT2D eigenvalue weighted by atomic mass is 10.1. The van der Waals surface area contributed by atoms with Crippen molar-refractivity contribution in [2.24, 2.45) is 0 Å². The molecule has 0 spiro atoms. The summed E-state index contributed by atoms with van der Waals surface area (Å²) < 4.78 is 26.2. The molecule has 0 aliphatic carbocycles. The Morgan fingerprint density at radius 2 is 1.35 bits per heavy atom. The third-order valence-electron chi connectivity index (χ3n) is 3.26. The molecular formula is C21H22O5. The SMILES string of the molecule is C#CCOc1cc(/C=C/c2ccc(OCOC)cc2)cc(OCOC)c1. The van der Waals surface area contributed by atoms with E-state index < -0.39 is 0 Å². The van der Waals surface area contributed by atoms with E-state index in [0.29, 0.717) is 11.5 Å². The molecule has 0 aliphatic heterocycles. The van der Waals surface area contributed by atoms with Gasteiger partial charge in [0.1, 0.15) is 23.9 Å². The molecule has 0 saturated heterocycles. The van der Waals surface area contributed by atoms with Crippen LogP contribution < -0.4 is 14.2 Å². The number of hydrogen-bond donors (Lipinski definition) is 0. The number of rotatable bonds is 10.